The third kappa shape index (κ3) is 3.34. The number of imidazole rings is 1. The quantitative estimate of drug-likeness (QED) is 0.903. The number of nitrogens with one attached hydrogen (secondary N) is 2. The van der Waals surface area contributed by atoms with Gasteiger partial charge in [0.25, 0.3) is 0 Å². The Bertz CT molecular complexity index is 673. The third-order valence-electron chi connectivity index (χ3n) is 4.44. The van der Waals surface area contributed by atoms with E-state index in [4.69, 9.17) is 4.74 Å². The zero-order valence-corrected chi connectivity index (χ0v) is 14.0. The van der Waals surface area contributed by atoms with Gasteiger partial charge >= 0.3 is 6.03 Å². The number of aromatic amines is 1. The van der Waals surface area contributed by atoms with Crippen LogP contribution in [0.2, 0.25) is 0 Å². The van der Waals surface area contributed by atoms with Gasteiger partial charge in [0.1, 0.15) is 11.6 Å². The van der Waals surface area contributed by atoms with Gasteiger partial charge in [0.15, 0.2) is 0 Å². The maximum absolute atomic E-state index is 12.8. The standard InChI is InChI=1S/C17H23N5O2/c1-12(13-6-7-18-11-15(13)24-2)21-17(23)22-10-4-3-5-14(22)16-19-8-9-20-16/h6-9,11-12,14H,3-5,10H2,1-2H3,(H,19,20)(H,21,23)/t12-,14+/m0/s1. The predicted molar refractivity (Wildman–Crippen MR) is 89.6 cm³/mol. The molecule has 0 saturated carbocycles. The Labute approximate surface area is 141 Å². The highest BCUT2D eigenvalue weighted by Gasteiger charge is 2.30. The number of hydrogen-bond acceptors (Lipinski definition) is 4. The molecule has 24 heavy (non-hydrogen) atoms. The molecule has 128 valence electrons. The summed E-state index contributed by atoms with van der Waals surface area (Å²) >= 11 is 0. The SMILES string of the molecule is COc1cnccc1[C@H](C)NC(=O)N1CCCC[C@@H]1c1ncc[nH]1. The maximum Gasteiger partial charge on any atom is 0.318 e. The summed E-state index contributed by atoms with van der Waals surface area (Å²) in [5.74, 6) is 1.52. The van der Waals surface area contributed by atoms with Gasteiger partial charge in [-0.25, -0.2) is 9.78 Å². The summed E-state index contributed by atoms with van der Waals surface area (Å²) in [4.78, 5) is 26.2. The average molecular weight is 329 g/mol. The molecule has 7 nitrogen and oxygen atoms in total. The monoisotopic (exact) mass is 329 g/mol. The van der Waals surface area contributed by atoms with Gasteiger partial charge in [0, 0.05) is 30.7 Å². The van der Waals surface area contributed by atoms with E-state index in [0.29, 0.717) is 5.75 Å². The molecule has 2 atom stereocenters. The van der Waals surface area contributed by atoms with Crippen LogP contribution in [0.4, 0.5) is 4.79 Å². The predicted octanol–water partition coefficient (Wildman–Crippen LogP) is 2.81. The van der Waals surface area contributed by atoms with E-state index in [1.807, 2.05) is 17.9 Å². The van der Waals surface area contributed by atoms with Crippen LogP contribution in [-0.4, -0.2) is 39.5 Å². The summed E-state index contributed by atoms with van der Waals surface area (Å²) in [6, 6.07) is 1.61. The van der Waals surface area contributed by atoms with E-state index in [9.17, 15) is 4.79 Å². The first kappa shape index (κ1) is 16.3. The van der Waals surface area contributed by atoms with Crippen LogP contribution in [0.1, 0.15) is 49.7 Å². The number of aromatic nitrogens is 3. The molecule has 1 saturated heterocycles. The number of methoxy groups -OCH3 is 1. The maximum atomic E-state index is 12.8. The number of pyridine rings is 1. The molecule has 2 amide bonds. The van der Waals surface area contributed by atoms with Crippen LogP contribution >= 0.6 is 0 Å². The molecule has 2 N–H and O–H groups in total. The van der Waals surface area contributed by atoms with Gasteiger partial charge in [-0.05, 0) is 32.3 Å². The molecule has 0 unspecified atom stereocenters. The van der Waals surface area contributed by atoms with E-state index in [0.717, 1.165) is 37.2 Å². The van der Waals surface area contributed by atoms with Crippen LogP contribution in [0.25, 0.3) is 0 Å². The average Bonchev–Trinajstić information content (AvgIpc) is 3.16. The van der Waals surface area contributed by atoms with Crippen molar-refractivity contribution in [2.75, 3.05) is 13.7 Å². The molecule has 2 aromatic heterocycles. The number of piperidine rings is 1. The summed E-state index contributed by atoms with van der Waals surface area (Å²) in [6.07, 6.45) is 9.92. The number of likely N-dealkylation sites (tertiary alicyclic amines) is 1. The number of H-pyrrole nitrogens is 1. The fraction of sp³-hybridized carbons (Fsp3) is 0.471. The molecule has 0 radical (unpaired) electrons. The first-order chi connectivity index (χ1) is 11.7. The zero-order valence-electron chi connectivity index (χ0n) is 14.0. The van der Waals surface area contributed by atoms with E-state index in [-0.39, 0.29) is 18.1 Å². The number of rotatable bonds is 4. The largest absolute Gasteiger partial charge is 0.495 e. The Morgan fingerprint density at radius 1 is 1.46 bits per heavy atom. The van der Waals surface area contributed by atoms with Gasteiger partial charge in [0.2, 0.25) is 0 Å². The number of carbonyl (C=O) groups is 1. The fourth-order valence-corrected chi connectivity index (χ4v) is 3.18. The van der Waals surface area contributed by atoms with Crippen LogP contribution in [0.3, 0.4) is 0 Å². The highest BCUT2D eigenvalue weighted by Crippen LogP contribution is 2.30. The van der Waals surface area contributed by atoms with E-state index >= 15 is 0 Å². The Kier molecular flexibility index (Phi) is 4.98. The molecule has 0 aliphatic carbocycles. The number of urea groups is 1. The van der Waals surface area contributed by atoms with Crippen molar-refractivity contribution in [3.63, 3.8) is 0 Å². The van der Waals surface area contributed by atoms with Gasteiger partial charge in [0.05, 0.1) is 25.4 Å². The molecule has 1 aliphatic rings. The smallest absolute Gasteiger partial charge is 0.318 e. The normalized spacial score (nSPS) is 18.9. The Morgan fingerprint density at radius 2 is 2.33 bits per heavy atom. The van der Waals surface area contributed by atoms with E-state index in [2.05, 4.69) is 20.3 Å². The highest BCUT2D eigenvalue weighted by atomic mass is 16.5. The minimum atomic E-state index is -0.172. The minimum absolute atomic E-state index is 0.000264. The zero-order chi connectivity index (χ0) is 16.9. The molecule has 1 aliphatic heterocycles. The number of nitrogens with zero attached hydrogens (tertiary/aromatic N) is 3. The molecule has 0 aromatic carbocycles. The lowest BCUT2D eigenvalue weighted by Gasteiger charge is -2.35. The second-order valence-corrected chi connectivity index (χ2v) is 5.97. The van der Waals surface area contributed by atoms with Crippen molar-refractivity contribution in [2.45, 2.75) is 38.3 Å². The van der Waals surface area contributed by atoms with Crippen molar-refractivity contribution < 1.29 is 9.53 Å². The van der Waals surface area contributed by atoms with Crippen molar-refractivity contribution in [3.8, 4) is 5.75 Å². The number of amides is 2. The lowest BCUT2D eigenvalue weighted by molar-refractivity contribution is 0.145. The van der Waals surface area contributed by atoms with E-state index < -0.39 is 0 Å². The minimum Gasteiger partial charge on any atom is -0.495 e. The van der Waals surface area contributed by atoms with Crippen molar-refractivity contribution in [2.24, 2.45) is 0 Å². The first-order valence-corrected chi connectivity index (χ1v) is 8.25. The second-order valence-electron chi connectivity index (χ2n) is 5.97. The van der Waals surface area contributed by atoms with Gasteiger partial charge in [-0.2, -0.15) is 0 Å². The van der Waals surface area contributed by atoms with E-state index in [1.165, 1.54) is 0 Å². The van der Waals surface area contributed by atoms with Crippen LogP contribution in [0.5, 0.6) is 5.75 Å². The number of hydrogen-bond donors (Lipinski definition) is 2. The van der Waals surface area contributed by atoms with Gasteiger partial charge in [-0.1, -0.05) is 0 Å². The molecular formula is C17H23N5O2. The van der Waals surface area contributed by atoms with Gasteiger partial charge < -0.3 is 19.9 Å². The van der Waals surface area contributed by atoms with Crippen molar-refractivity contribution in [3.05, 3.63) is 42.2 Å². The van der Waals surface area contributed by atoms with Crippen LogP contribution in [0, 0.1) is 0 Å². The lowest BCUT2D eigenvalue weighted by Crippen LogP contribution is -2.45. The first-order valence-electron chi connectivity index (χ1n) is 8.25. The Balaban J connectivity index is 1.73. The summed E-state index contributed by atoms with van der Waals surface area (Å²) in [5, 5.41) is 3.07. The molecular weight excluding hydrogens is 306 g/mol. The van der Waals surface area contributed by atoms with Crippen LogP contribution in [0.15, 0.2) is 30.9 Å². The number of carbonyl (C=O) groups excluding carboxylic acids is 1. The molecule has 1 fully saturated rings. The molecule has 3 heterocycles. The van der Waals surface area contributed by atoms with Crippen molar-refractivity contribution in [1.82, 2.24) is 25.2 Å². The van der Waals surface area contributed by atoms with Gasteiger partial charge in [-0.15, -0.1) is 0 Å². The highest BCUT2D eigenvalue weighted by molar-refractivity contribution is 5.75. The fourth-order valence-electron chi connectivity index (χ4n) is 3.18. The van der Waals surface area contributed by atoms with E-state index in [1.54, 1.807) is 31.9 Å². The van der Waals surface area contributed by atoms with Crippen LogP contribution in [-0.2, 0) is 0 Å². The Morgan fingerprint density at radius 3 is 3.08 bits per heavy atom. The third-order valence-corrected chi connectivity index (χ3v) is 4.44. The second kappa shape index (κ2) is 7.33. The topological polar surface area (TPSA) is 83.1 Å². The molecule has 0 spiro atoms. The summed E-state index contributed by atoms with van der Waals surface area (Å²) in [6.45, 7) is 2.68. The summed E-state index contributed by atoms with van der Waals surface area (Å²) in [7, 11) is 1.60. The van der Waals surface area contributed by atoms with Gasteiger partial charge in [-0.3, -0.25) is 4.98 Å². The lowest BCUT2D eigenvalue weighted by atomic mass is 10.0. The number of ether oxygens (including phenoxy) is 1. The summed E-state index contributed by atoms with van der Waals surface area (Å²) in [5.41, 5.74) is 0.910. The molecule has 7 heteroatoms. The van der Waals surface area contributed by atoms with Crippen molar-refractivity contribution >= 4 is 6.03 Å². The Hall–Kier alpha value is -2.57. The molecule has 3 rings (SSSR count). The summed E-state index contributed by atoms with van der Waals surface area (Å²) < 4.78 is 5.33. The molecule has 0 bridgehead atoms. The van der Waals surface area contributed by atoms with Crippen LogP contribution < -0.4 is 10.1 Å². The molecule has 2 aromatic rings. The van der Waals surface area contributed by atoms with Crippen molar-refractivity contribution in [1.29, 1.82) is 0 Å².